The Bertz CT molecular complexity index is 581. The second-order valence-electron chi connectivity index (χ2n) is 4.03. The molecule has 96 valence electrons. The minimum absolute atomic E-state index is 0.133. The van der Waals surface area contributed by atoms with Gasteiger partial charge in [-0.3, -0.25) is 0 Å². The van der Waals surface area contributed by atoms with Crippen LogP contribution in [-0.2, 0) is 4.74 Å². The molecule has 0 aromatic heterocycles. The molecule has 0 saturated heterocycles. The maximum Gasteiger partial charge on any atom is 0.489 e. The van der Waals surface area contributed by atoms with Gasteiger partial charge in [-0.05, 0) is 22.7 Å². The number of hydrogen-bond acceptors (Lipinski definition) is 4. The van der Waals surface area contributed by atoms with Crippen molar-refractivity contribution in [1.29, 1.82) is 0 Å². The van der Waals surface area contributed by atoms with Crippen LogP contribution in [0.25, 0.3) is 11.1 Å². The molecule has 2 aromatic carbocycles. The predicted molar refractivity (Wildman–Crippen MR) is 73.0 cm³/mol. The molecule has 0 radical (unpaired) electrons. The largest absolute Gasteiger partial charge is 0.489 e. The fourth-order valence-electron chi connectivity index (χ4n) is 1.88. The quantitative estimate of drug-likeness (QED) is 0.630. The lowest BCUT2D eigenvalue weighted by Crippen LogP contribution is -2.35. The van der Waals surface area contributed by atoms with E-state index in [1.54, 1.807) is 12.1 Å². The van der Waals surface area contributed by atoms with Gasteiger partial charge in [-0.1, -0.05) is 42.5 Å². The Morgan fingerprint density at radius 3 is 2.32 bits per heavy atom. The fraction of sp³-hybridized carbons (Fsp3) is 0.0714. The van der Waals surface area contributed by atoms with Gasteiger partial charge in [0.25, 0.3) is 0 Å². The predicted octanol–water partition coefficient (Wildman–Crippen LogP) is 0.820. The van der Waals surface area contributed by atoms with E-state index < -0.39 is 13.1 Å². The Morgan fingerprint density at radius 1 is 1.05 bits per heavy atom. The van der Waals surface area contributed by atoms with Gasteiger partial charge in [0.2, 0.25) is 0 Å². The van der Waals surface area contributed by atoms with Gasteiger partial charge in [-0.25, -0.2) is 4.79 Å². The molecule has 4 nitrogen and oxygen atoms in total. The Balaban J connectivity index is 2.51. The van der Waals surface area contributed by atoms with E-state index in [1.807, 2.05) is 30.3 Å². The van der Waals surface area contributed by atoms with E-state index in [-0.39, 0.29) is 11.0 Å². The van der Waals surface area contributed by atoms with Crippen molar-refractivity contribution in [1.82, 2.24) is 0 Å². The minimum atomic E-state index is -1.72. The lowest BCUT2D eigenvalue weighted by Gasteiger charge is -2.10. The highest BCUT2D eigenvalue weighted by Gasteiger charge is 2.21. The highest BCUT2D eigenvalue weighted by Crippen LogP contribution is 2.18. The van der Waals surface area contributed by atoms with Crippen LogP contribution in [0.5, 0.6) is 0 Å². The van der Waals surface area contributed by atoms with E-state index in [1.165, 1.54) is 13.2 Å². The maximum absolute atomic E-state index is 11.5. The molecule has 0 aliphatic rings. The summed E-state index contributed by atoms with van der Waals surface area (Å²) in [5.41, 5.74) is 2.02. The first-order valence-corrected chi connectivity index (χ1v) is 5.77. The summed E-state index contributed by atoms with van der Waals surface area (Å²) < 4.78 is 4.61. The molecule has 0 saturated carbocycles. The molecule has 2 aromatic rings. The molecule has 0 aliphatic heterocycles. The number of hydrogen-bond donors (Lipinski definition) is 2. The number of benzene rings is 2. The van der Waals surface area contributed by atoms with Crippen molar-refractivity contribution in [3.63, 3.8) is 0 Å². The third-order valence-corrected chi connectivity index (χ3v) is 2.84. The van der Waals surface area contributed by atoms with E-state index >= 15 is 0 Å². The van der Waals surface area contributed by atoms with Crippen molar-refractivity contribution in [2.24, 2.45) is 0 Å². The van der Waals surface area contributed by atoms with Crippen LogP contribution < -0.4 is 5.46 Å². The van der Waals surface area contributed by atoms with Crippen molar-refractivity contribution in [3.05, 3.63) is 54.1 Å². The van der Waals surface area contributed by atoms with Crippen LogP contribution in [0.3, 0.4) is 0 Å². The Hall–Kier alpha value is -2.11. The van der Waals surface area contributed by atoms with Crippen LogP contribution in [-0.4, -0.2) is 30.2 Å². The summed E-state index contributed by atoms with van der Waals surface area (Å²) in [6.07, 6.45) is 0. The minimum Gasteiger partial charge on any atom is -0.465 e. The summed E-state index contributed by atoms with van der Waals surface area (Å²) in [7, 11) is -0.473. The van der Waals surface area contributed by atoms with Crippen molar-refractivity contribution >= 4 is 18.6 Å². The molecule has 2 rings (SSSR count). The highest BCUT2D eigenvalue weighted by atomic mass is 16.5. The van der Waals surface area contributed by atoms with Gasteiger partial charge in [0.05, 0.1) is 12.7 Å². The Labute approximate surface area is 111 Å². The van der Waals surface area contributed by atoms with Gasteiger partial charge >= 0.3 is 13.1 Å². The number of methoxy groups -OCH3 is 1. The average molecular weight is 256 g/mol. The average Bonchev–Trinajstić information content (AvgIpc) is 2.46. The first-order chi connectivity index (χ1) is 9.13. The lowest BCUT2D eigenvalue weighted by molar-refractivity contribution is 0.0601. The monoisotopic (exact) mass is 256 g/mol. The smallest absolute Gasteiger partial charge is 0.465 e. The van der Waals surface area contributed by atoms with Crippen molar-refractivity contribution in [2.45, 2.75) is 0 Å². The number of carbonyl (C=O) groups is 1. The number of ether oxygens (including phenoxy) is 1. The molecule has 5 heteroatoms. The van der Waals surface area contributed by atoms with E-state index in [0.717, 1.165) is 11.1 Å². The van der Waals surface area contributed by atoms with Crippen LogP contribution in [0.1, 0.15) is 10.4 Å². The first kappa shape index (κ1) is 13.3. The topological polar surface area (TPSA) is 66.8 Å². The van der Waals surface area contributed by atoms with Gasteiger partial charge in [0, 0.05) is 0 Å². The van der Waals surface area contributed by atoms with E-state index in [4.69, 9.17) is 0 Å². The second kappa shape index (κ2) is 5.69. The van der Waals surface area contributed by atoms with Crippen LogP contribution in [0.4, 0.5) is 0 Å². The molecule has 19 heavy (non-hydrogen) atoms. The molecule has 0 amide bonds. The lowest BCUT2D eigenvalue weighted by atomic mass is 9.75. The zero-order valence-electron chi connectivity index (χ0n) is 10.4. The third kappa shape index (κ3) is 2.84. The zero-order valence-corrected chi connectivity index (χ0v) is 10.4. The maximum atomic E-state index is 11.5. The number of rotatable bonds is 3. The summed E-state index contributed by atoms with van der Waals surface area (Å²) in [4.78, 5) is 11.5. The second-order valence-corrected chi connectivity index (χ2v) is 4.03. The van der Waals surface area contributed by atoms with Crippen molar-refractivity contribution in [3.8, 4) is 11.1 Å². The van der Waals surface area contributed by atoms with Crippen LogP contribution >= 0.6 is 0 Å². The Morgan fingerprint density at radius 2 is 1.74 bits per heavy atom. The van der Waals surface area contributed by atoms with Gasteiger partial charge < -0.3 is 14.8 Å². The summed E-state index contributed by atoms with van der Waals surface area (Å²) >= 11 is 0. The molecule has 0 spiro atoms. The SMILES string of the molecule is COC(=O)c1ccc(-c2ccccc2)cc1B(O)O. The molecule has 0 atom stereocenters. The first-order valence-electron chi connectivity index (χ1n) is 5.77. The molecule has 0 unspecified atom stereocenters. The van der Waals surface area contributed by atoms with Crippen molar-refractivity contribution < 1.29 is 19.6 Å². The molecule has 0 bridgehead atoms. The van der Waals surface area contributed by atoms with Crippen LogP contribution in [0, 0.1) is 0 Å². The third-order valence-electron chi connectivity index (χ3n) is 2.84. The summed E-state index contributed by atoms with van der Waals surface area (Å²) in [5, 5.41) is 18.7. The van der Waals surface area contributed by atoms with Crippen LogP contribution in [0.2, 0.25) is 0 Å². The molecule has 0 heterocycles. The summed E-state index contributed by atoms with van der Waals surface area (Å²) in [6.45, 7) is 0. The molecule has 0 aliphatic carbocycles. The number of carbonyl (C=O) groups excluding carboxylic acids is 1. The normalized spacial score (nSPS) is 10.1. The zero-order chi connectivity index (χ0) is 13.8. The van der Waals surface area contributed by atoms with Gasteiger partial charge in [0.1, 0.15) is 0 Å². The molecular weight excluding hydrogens is 243 g/mol. The van der Waals surface area contributed by atoms with Gasteiger partial charge in [-0.15, -0.1) is 0 Å². The van der Waals surface area contributed by atoms with E-state index in [0.29, 0.717) is 0 Å². The number of esters is 1. The van der Waals surface area contributed by atoms with E-state index in [9.17, 15) is 14.8 Å². The van der Waals surface area contributed by atoms with Crippen molar-refractivity contribution in [2.75, 3.05) is 7.11 Å². The van der Waals surface area contributed by atoms with E-state index in [2.05, 4.69) is 4.74 Å². The highest BCUT2D eigenvalue weighted by molar-refractivity contribution is 6.60. The molecular formula is C14H13BO4. The standard InChI is InChI=1S/C14H13BO4/c1-19-14(16)12-8-7-11(9-13(12)15(17)18)10-5-3-2-4-6-10/h2-9,17-18H,1H3. The fourth-order valence-corrected chi connectivity index (χ4v) is 1.88. The molecule has 2 N–H and O–H groups in total. The molecule has 0 fully saturated rings. The van der Waals surface area contributed by atoms with Crippen LogP contribution in [0.15, 0.2) is 48.5 Å². The summed E-state index contributed by atoms with van der Waals surface area (Å²) in [5.74, 6) is -0.595. The Kier molecular flexibility index (Phi) is 3.99. The van der Waals surface area contributed by atoms with Gasteiger partial charge in [0.15, 0.2) is 0 Å². The van der Waals surface area contributed by atoms with Gasteiger partial charge in [-0.2, -0.15) is 0 Å². The summed E-state index contributed by atoms with van der Waals surface area (Å²) in [6, 6.07) is 14.3.